The minimum atomic E-state index is -0.312. The van der Waals surface area contributed by atoms with Crippen molar-refractivity contribution in [3.8, 4) is 0 Å². The minimum absolute atomic E-state index is 0.312. The van der Waals surface area contributed by atoms with Gasteiger partial charge >= 0.3 is 0 Å². The van der Waals surface area contributed by atoms with Crippen LogP contribution in [0.4, 0.5) is 0 Å². The maximum atomic E-state index is 11.7. The Kier molecular flexibility index (Phi) is 4.01. The number of carbonyl (C=O) groups is 1. The summed E-state index contributed by atoms with van der Waals surface area (Å²) in [4.78, 5) is 12.1. The second-order valence-corrected chi connectivity index (χ2v) is 4.63. The van der Waals surface area contributed by atoms with Crippen LogP contribution < -0.4 is 5.43 Å². The van der Waals surface area contributed by atoms with Crippen molar-refractivity contribution in [2.45, 2.75) is 6.92 Å². The summed E-state index contributed by atoms with van der Waals surface area (Å²) >= 11 is 6.80. The summed E-state index contributed by atoms with van der Waals surface area (Å²) in [5.74, 6) is -0.312. The zero-order valence-corrected chi connectivity index (χ0v) is 11.0. The predicted molar refractivity (Wildman–Crippen MR) is 71.2 cm³/mol. The smallest absolute Gasteiger partial charge is 0.266 e. The molecule has 1 heterocycles. The van der Waals surface area contributed by atoms with Crippen LogP contribution in [0.25, 0.3) is 0 Å². The summed E-state index contributed by atoms with van der Waals surface area (Å²) in [6.45, 7) is 1.72. The summed E-state index contributed by atoms with van der Waals surface area (Å²) in [6, 6.07) is 7.11. The lowest BCUT2D eigenvalue weighted by atomic mass is 10.2. The van der Waals surface area contributed by atoms with Gasteiger partial charge in [0.2, 0.25) is 0 Å². The SMILES string of the molecule is Cc1nnsc1C(=O)N/N=C\c1ccc(Cl)cc1. The molecule has 0 fully saturated rings. The third-order valence-electron chi connectivity index (χ3n) is 2.11. The molecule has 0 atom stereocenters. The highest BCUT2D eigenvalue weighted by Crippen LogP contribution is 2.09. The molecule has 2 aromatic rings. The maximum Gasteiger partial charge on any atom is 0.285 e. The van der Waals surface area contributed by atoms with Crippen molar-refractivity contribution in [2.75, 3.05) is 0 Å². The third kappa shape index (κ3) is 3.12. The Balaban J connectivity index is 1.98. The van der Waals surface area contributed by atoms with Gasteiger partial charge in [0, 0.05) is 5.02 Å². The first kappa shape index (κ1) is 12.7. The van der Waals surface area contributed by atoms with Gasteiger partial charge in [-0.15, -0.1) is 5.10 Å². The summed E-state index contributed by atoms with van der Waals surface area (Å²) in [6.07, 6.45) is 1.54. The summed E-state index contributed by atoms with van der Waals surface area (Å²) in [7, 11) is 0. The molecule has 1 aromatic carbocycles. The molecule has 0 spiro atoms. The summed E-state index contributed by atoms with van der Waals surface area (Å²) in [5.41, 5.74) is 3.86. The van der Waals surface area contributed by atoms with E-state index < -0.39 is 0 Å². The highest BCUT2D eigenvalue weighted by Gasteiger charge is 2.11. The van der Waals surface area contributed by atoms with Crippen LogP contribution in [0, 0.1) is 6.92 Å². The number of amides is 1. The number of hydrogen-bond acceptors (Lipinski definition) is 5. The van der Waals surface area contributed by atoms with E-state index in [9.17, 15) is 4.79 Å². The number of nitrogens with one attached hydrogen (secondary N) is 1. The molecule has 1 aromatic heterocycles. The fourth-order valence-electron chi connectivity index (χ4n) is 1.20. The molecular weight excluding hydrogens is 272 g/mol. The molecule has 7 heteroatoms. The molecule has 0 aliphatic heterocycles. The quantitative estimate of drug-likeness (QED) is 0.693. The Morgan fingerprint density at radius 3 is 2.78 bits per heavy atom. The van der Waals surface area contributed by atoms with E-state index in [1.807, 2.05) is 0 Å². The average Bonchev–Trinajstić information content (AvgIpc) is 2.78. The van der Waals surface area contributed by atoms with Crippen LogP contribution in [0.15, 0.2) is 29.4 Å². The van der Waals surface area contributed by atoms with Gasteiger partial charge in [0.05, 0.1) is 11.9 Å². The lowest BCUT2D eigenvalue weighted by molar-refractivity contribution is 0.0958. The Labute approximate surface area is 113 Å². The topological polar surface area (TPSA) is 67.2 Å². The van der Waals surface area contributed by atoms with Gasteiger partial charge in [0.1, 0.15) is 4.88 Å². The Morgan fingerprint density at radius 1 is 1.44 bits per heavy atom. The number of hydrazone groups is 1. The molecule has 0 aliphatic carbocycles. The molecule has 18 heavy (non-hydrogen) atoms. The third-order valence-corrected chi connectivity index (χ3v) is 3.19. The van der Waals surface area contributed by atoms with Gasteiger partial charge in [0.25, 0.3) is 5.91 Å². The Bertz CT molecular complexity index is 579. The van der Waals surface area contributed by atoms with E-state index in [1.54, 1.807) is 31.2 Å². The molecule has 0 bridgehead atoms. The van der Waals surface area contributed by atoms with E-state index in [1.165, 1.54) is 6.21 Å². The number of halogens is 1. The molecule has 0 saturated carbocycles. The molecule has 1 amide bonds. The van der Waals surface area contributed by atoms with Gasteiger partial charge in [-0.2, -0.15) is 5.10 Å². The number of nitrogens with zero attached hydrogens (tertiary/aromatic N) is 3. The minimum Gasteiger partial charge on any atom is -0.266 e. The number of aryl methyl sites for hydroxylation is 1. The van der Waals surface area contributed by atoms with Gasteiger partial charge in [0.15, 0.2) is 0 Å². The number of benzene rings is 1. The first-order valence-corrected chi connectivity index (χ1v) is 6.20. The van der Waals surface area contributed by atoms with Crippen LogP contribution in [0.3, 0.4) is 0 Å². The van der Waals surface area contributed by atoms with Crippen LogP contribution in [-0.4, -0.2) is 21.7 Å². The average molecular weight is 281 g/mol. The molecule has 0 saturated heterocycles. The van der Waals surface area contributed by atoms with Crippen molar-refractivity contribution >= 4 is 35.3 Å². The number of hydrogen-bond donors (Lipinski definition) is 1. The van der Waals surface area contributed by atoms with E-state index >= 15 is 0 Å². The number of aromatic nitrogens is 2. The largest absolute Gasteiger partial charge is 0.285 e. The zero-order valence-electron chi connectivity index (χ0n) is 9.42. The zero-order chi connectivity index (χ0) is 13.0. The van der Waals surface area contributed by atoms with Gasteiger partial charge in [-0.1, -0.05) is 28.2 Å². The van der Waals surface area contributed by atoms with E-state index in [-0.39, 0.29) is 5.91 Å². The second-order valence-electron chi connectivity index (χ2n) is 3.44. The molecule has 2 rings (SSSR count). The first-order valence-electron chi connectivity index (χ1n) is 5.05. The summed E-state index contributed by atoms with van der Waals surface area (Å²) < 4.78 is 3.68. The van der Waals surface area contributed by atoms with Crippen LogP contribution in [0.5, 0.6) is 0 Å². The Morgan fingerprint density at radius 2 is 2.17 bits per heavy atom. The lowest BCUT2D eigenvalue weighted by Crippen LogP contribution is -2.17. The van der Waals surface area contributed by atoms with E-state index in [2.05, 4.69) is 20.1 Å². The number of carbonyl (C=O) groups excluding carboxylic acids is 1. The van der Waals surface area contributed by atoms with Crippen molar-refractivity contribution in [1.29, 1.82) is 0 Å². The van der Waals surface area contributed by atoms with Crippen LogP contribution >= 0.6 is 23.1 Å². The number of rotatable bonds is 3. The lowest BCUT2D eigenvalue weighted by Gasteiger charge is -1.96. The van der Waals surface area contributed by atoms with Gasteiger partial charge in [-0.25, -0.2) is 5.43 Å². The first-order chi connectivity index (χ1) is 8.66. The predicted octanol–water partition coefficient (Wildman–Crippen LogP) is 2.26. The van der Waals surface area contributed by atoms with Gasteiger partial charge in [-0.05, 0) is 36.2 Å². The fraction of sp³-hybridized carbons (Fsp3) is 0.0909. The van der Waals surface area contributed by atoms with E-state index in [0.29, 0.717) is 15.6 Å². The van der Waals surface area contributed by atoms with Crippen LogP contribution in [-0.2, 0) is 0 Å². The molecule has 5 nitrogen and oxygen atoms in total. The molecule has 0 aliphatic rings. The Hall–Kier alpha value is -1.79. The molecule has 92 valence electrons. The maximum absolute atomic E-state index is 11.7. The van der Waals surface area contributed by atoms with Crippen molar-refractivity contribution in [2.24, 2.45) is 5.10 Å². The molecule has 0 unspecified atom stereocenters. The van der Waals surface area contributed by atoms with Gasteiger partial charge < -0.3 is 0 Å². The highest BCUT2D eigenvalue weighted by molar-refractivity contribution is 7.07. The van der Waals surface area contributed by atoms with E-state index in [0.717, 1.165) is 17.1 Å². The highest BCUT2D eigenvalue weighted by atomic mass is 35.5. The summed E-state index contributed by atoms with van der Waals surface area (Å²) in [5, 5.41) is 8.26. The monoisotopic (exact) mass is 280 g/mol. The molecule has 0 radical (unpaired) electrons. The van der Waals surface area contributed by atoms with Crippen LogP contribution in [0.2, 0.25) is 5.02 Å². The standard InChI is InChI=1S/C11H9ClN4OS/c1-7-10(18-16-14-7)11(17)15-13-6-8-2-4-9(12)5-3-8/h2-6H,1H3,(H,15,17)/b13-6-. The second kappa shape index (κ2) is 5.70. The normalized spacial score (nSPS) is 10.8. The van der Waals surface area contributed by atoms with Crippen molar-refractivity contribution in [3.05, 3.63) is 45.4 Å². The van der Waals surface area contributed by atoms with Gasteiger partial charge in [-0.3, -0.25) is 4.79 Å². The fourth-order valence-corrected chi connectivity index (χ4v) is 1.88. The molecular formula is C11H9ClN4OS. The van der Waals surface area contributed by atoms with Crippen molar-refractivity contribution in [1.82, 2.24) is 15.0 Å². The van der Waals surface area contributed by atoms with Crippen LogP contribution in [0.1, 0.15) is 20.9 Å². The van der Waals surface area contributed by atoms with Crippen molar-refractivity contribution < 1.29 is 4.79 Å². The van der Waals surface area contributed by atoms with Crippen molar-refractivity contribution in [3.63, 3.8) is 0 Å². The molecule has 1 N–H and O–H groups in total. The van der Waals surface area contributed by atoms with E-state index in [4.69, 9.17) is 11.6 Å².